The number of carbonyl (C=O) groups is 1. The Morgan fingerprint density at radius 3 is 2.71 bits per heavy atom. The van der Waals surface area contributed by atoms with E-state index < -0.39 is 0 Å². The normalized spacial score (nSPS) is 16.8. The summed E-state index contributed by atoms with van der Waals surface area (Å²) in [6.45, 7) is 0.709. The van der Waals surface area contributed by atoms with Crippen molar-refractivity contribution in [2.75, 3.05) is 18.1 Å². The van der Waals surface area contributed by atoms with E-state index >= 15 is 0 Å². The molecule has 0 spiro atoms. The van der Waals surface area contributed by atoms with E-state index in [0.717, 1.165) is 21.5 Å². The van der Waals surface area contributed by atoms with Gasteiger partial charge in [0.05, 0.1) is 17.8 Å². The third-order valence-corrected chi connectivity index (χ3v) is 6.07. The minimum atomic E-state index is -0.0168. The number of aryl methyl sites for hydroxylation is 1. The Labute approximate surface area is 176 Å². The summed E-state index contributed by atoms with van der Waals surface area (Å²) < 4.78 is 8.49. The van der Waals surface area contributed by atoms with Crippen LogP contribution >= 0.6 is 27.7 Å². The van der Waals surface area contributed by atoms with Gasteiger partial charge in [-0.3, -0.25) is 9.48 Å². The molecule has 0 N–H and O–H groups in total. The van der Waals surface area contributed by atoms with Crippen molar-refractivity contribution in [1.29, 1.82) is 0 Å². The van der Waals surface area contributed by atoms with Gasteiger partial charge in [0.25, 0.3) is 5.91 Å². The number of aromatic nitrogens is 3. The first kappa shape index (κ1) is 19.0. The maximum Gasteiger partial charge on any atom is 0.255 e. The lowest BCUT2D eigenvalue weighted by molar-refractivity contribution is 0.0701. The number of hydrogen-bond donors (Lipinski definition) is 0. The fourth-order valence-electron chi connectivity index (χ4n) is 3.09. The topological polar surface area (TPSA) is 60.2 Å². The molecule has 144 valence electrons. The molecule has 3 aromatic rings. The van der Waals surface area contributed by atoms with Crippen LogP contribution in [0, 0.1) is 0 Å². The van der Waals surface area contributed by atoms with Gasteiger partial charge in [-0.25, -0.2) is 4.98 Å². The molecule has 8 heteroatoms. The number of amides is 1. The lowest BCUT2D eigenvalue weighted by Crippen LogP contribution is -2.40. The summed E-state index contributed by atoms with van der Waals surface area (Å²) in [7, 11) is 1.89. The highest BCUT2D eigenvalue weighted by molar-refractivity contribution is 9.10. The average molecular weight is 459 g/mol. The highest BCUT2D eigenvalue weighted by Crippen LogP contribution is 2.31. The molecule has 3 heterocycles. The van der Waals surface area contributed by atoms with E-state index in [2.05, 4.69) is 26.0 Å². The molecular weight excluding hydrogens is 440 g/mol. The number of halogens is 1. The van der Waals surface area contributed by atoms with Gasteiger partial charge in [0.15, 0.2) is 0 Å². The molecule has 1 aromatic carbocycles. The van der Waals surface area contributed by atoms with Crippen LogP contribution in [-0.4, -0.2) is 43.6 Å². The summed E-state index contributed by atoms with van der Waals surface area (Å²) in [6.07, 6.45) is 5.40. The second kappa shape index (κ2) is 8.36. The van der Waals surface area contributed by atoms with Crippen LogP contribution < -0.4 is 4.74 Å². The van der Waals surface area contributed by atoms with Crippen LogP contribution in [0.2, 0.25) is 0 Å². The average Bonchev–Trinajstić information content (AvgIpc) is 3.16. The van der Waals surface area contributed by atoms with Crippen molar-refractivity contribution in [3.05, 3.63) is 70.6 Å². The van der Waals surface area contributed by atoms with Crippen LogP contribution in [0.25, 0.3) is 0 Å². The van der Waals surface area contributed by atoms with Crippen molar-refractivity contribution in [2.45, 2.75) is 6.04 Å². The first-order valence-electron chi connectivity index (χ1n) is 8.87. The predicted octanol–water partition coefficient (Wildman–Crippen LogP) is 4.30. The van der Waals surface area contributed by atoms with E-state index in [9.17, 15) is 4.79 Å². The molecule has 1 saturated heterocycles. The van der Waals surface area contributed by atoms with Crippen molar-refractivity contribution in [2.24, 2.45) is 7.05 Å². The van der Waals surface area contributed by atoms with E-state index in [1.165, 1.54) is 0 Å². The molecule has 6 nitrogen and oxygen atoms in total. The Kier molecular flexibility index (Phi) is 5.68. The highest BCUT2D eigenvalue weighted by atomic mass is 79.9. The monoisotopic (exact) mass is 458 g/mol. The molecule has 0 radical (unpaired) electrons. The van der Waals surface area contributed by atoms with Gasteiger partial charge >= 0.3 is 0 Å². The Morgan fingerprint density at radius 2 is 2.04 bits per heavy atom. The zero-order chi connectivity index (χ0) is 19.5. The molecule has 28 heavy (non-hydrogen) atoms. The van der Waals surface area contributed by atoms with E-state index in [1.807, 2.05) is 60.4 Å². The van der Waals surface area contributed by atoms with Gasteiger partial charge in [0, 0.05) is 53.6 Å². The predicted molar refractivity (Wildman–Crippen MR) is 113 cm³/mol. The number of carbonyl (C=O) groups excluding carboxylic acids is 1. The van der Waals surface area contributed by atoms with Gasteiger partial charge < -0.3 is 9.64 Å². The van der Waals surface area contributed by atoms with Gasteiger partial charge in [-0.2, -0.15) is 16.9 Å². The van der Waals surface area contributed by atoms with Crippen LogP contribution in [0.4, 0.5) is 0 Å². The Hall–Kier alpha value is -2.32. The van der Waals surface area contributed by atoms with Gasteiger partial charge in [-0.05, 0) is 30.3 Å². The second-order valence-electron chi connectivity index (χ2n) is 6.48. The number of ether oxygens (including phenoxy) is 1. The Morgan fingerprint density at radius 1 is 1.21 bits per heavy atom. The lowest BCUT2D eigenvalue weighted by atomic mass is 10.1. The van der Waals surface area contributed by atoms with Gasteiger partial charge in [0.1, 0.15) is 5.75 Å². The molecule has 1 aliphatic rings. The van der Waals surface area contributed by atoms with Crippen molar-refractivity contribution >= 4 is 33.6 Å². The van der Waals surface area contributed by atoms with Gasteiger partial charge in [-0.15, -0.1) is 0 Å². The molecule has 4 rings (SSSR count). The molecule has 1 atom stereocenters. The minimum absolute atomic E-state index is 0.0168. The van der Waals surface area contributed by atoms with Gasteiger partial charge in [-0.1, -0.05) is 15.9 Å². The third-order valence-electron chi connectivity index (χ3n) is 4.52. The second-order valence-corrected chi connectivity index (χ2v) is 8.54. The molecule has 1 amide bonds. The van der Waals surface area contributed by atoms with Crippen LogP contribution in [0.15, 0.2) is 59.5 Å². The maximum absolute atomic E-state index is 13.1. The molecule has 0 bridgehead atoms. The first-order chi connectivity index (χ1) is 13.6. The van der Waals surface area contributed by atoms with Crippen LogP contribution in [0.1, 0.15) is 22.0 Å². The van der Waals surface area contributed by atoms with Crippen LogP contribution in [0.3, 0.4) is 0 Å². The van der Waals surface area contributed by atoms with Crippen LogP contribution in [0.5, 0.6) is 11.6 Å². The zero-order valence-corrected chi connectivity index (χ0v) is 17.7. The molecular formula is C20H19BrN4O2S. The summed E-state index contributed by atoms with van der Waals surface area (Å²) in [5, 5.41) is 4.25. The summed E-state index contributed by atoms with van der Waals surface area (Å²) in [6, 6.07) is 11.0. The number of thioether (sulfide) groups is 1. The molecule has 1 aliphatic heterocycles. The van der Waals surface area contributed by atoms with E-state index in [-0.39, 0.29) is 11.9 Å². The molecule has 0 aliphatic carbocycles. The third kappa shape index (κ3) is 4.23. The van der Waals surface area contributed by atoms with Gasteiger partial charge in [0.2, 0.25) is 5.88 Å². The molecule has 1 fully saturated rings. The largest absolute Gasteiger partial charge is 0.439 e. The van der Waals surface area contributed by atoms with E-state index in [1.54, 1.807) is 23.0 Å². The number of hydrogen-bond acceptors (Lipinski definition) is 5. The van der Waals surface area contributed by atoms with Crippen LogP contribution in [-0.2, 0) is 7.05 Å². The fourth-order valence-corrected chi connectivity index (χ4v) is 4.44. The minimum Gasteiger partial charge on any atom is -0.439 e. The van der Waals surface area contributed by atoms with Crippen molar-refractivity contribution in [3.63, 3.8) is 0 Å². The Bertz CT molecular complexity index is 959. The molecule has 0 saturated carbocycles. The molecule has 2 aromatic heterocycles. The smallest absolute Gasteiger partial charge is 0.255 e. The van der Waals surface area contributed by atoms with Crippen molar-refractivity contribution in [1.82, 2.24) is 19.7 Å². The molecule has 1 unspecified atom stereocenters. The summed E-state index contributed by atoms with van der Waals surface area (Å²) in [4.78, 5) is 19.3. The number of nitrogens with zero attached hydrogens (tertiary/aromatic N) is 4. The van der Waals surface area contributed by atoms with Crippen molar-refractivity contribution < 1.29 is 9.53 Å². The maximum atomic E-state index is 13.1. The summed E-state index contributed by atoms with van der Waals surface area (Å²) in [5.41, 5.74) is 1.62. The standard InChI is InChI=1S/C20H19BrN4O2S/c1-24-12-15(11-23-24)18-13-28-9-8-25(18)20(26)14-2-7-19(22-10-14)27-17-5-3-16(21)4-6-17/h2-7,10-12,18H,8-9,13H2,1H3. The van der Waals surface area contributed by atoms with E-state index in [4.69, 9.17) is 4.74 Å². The number of pyridine rings is 1. The summed E-state index contributed by atoms with van der Waals surface area (Å²) in [5.74, 6) is 2.93. The number of benzene rings is 1. The first-order valence-corrected chi connectivity index (χ1v) is 10.8. The lowest BCUT2D eigenvalue weighted by Gasteiger charge is -2.35. The van der Waals surface area contributed by atoms with Crippen molar-refractivity contribution in [3.8, 4) is 11.6 Å². The van der Waals surface area contributed by atoms with E-state index in [0.29, 0.717) is 23.7 Å². The fraction of sp³-hybridized carbons (Fsp3) is 0.250. The number of rotatable bonds is 4. The summed E-state index contributed by atoms with van der Waals surface area (Å²) >= 11 is 5.26. The quantitative estimate of drug-likeness (QED) is 0.583. The highest BCUT2D eigenvalue weighted by Gasteiger charge is 2.30. The Balaban J connectivity index is 1.49. The SMILES string of the molecule is Cn1cc(C2CSCCN2C(=O)c2ccc(Oc3ccc(Br)cc3)nc2)cn1. The zero-order valence-electron chi connectivity index (χ0n) is 15.3.